The first-order valence-electron chi connectivity index (χ1n) is 18.2. The predicted octanol–water partition coefficient (Wildman–Crippen LogP) is -6.07. The van der Waals surface area contributed by atoms with Gasteiger partial charge >= 0.3 is 5.97 Å². The number of hydrogen-bond donors (Lipinski definition) is 15. The molecule has 14 atom stereocenters. The predicted molar refractivity (Wildman–Crippen MR) is 186 cm³/mol. The summed E-state index contributed by atoms with van der Waals surface area (Å²) in [4.78, 5) is 52.2. The van der Waals surface area contributed by atoms with Crippen molar-refractivity contribution in [2.24, 2.45) is 11.8 Å². The SMILES string of the molecule is CC(C)C[C@H](NC(=O)[C@H](CCCCN[C@H]1C(O)O[C@H](CO)[C@@H](O)[C@@H]1O)NC(=O)[C@H](CO)NC(=O)[C@H](CC(C)C)N[C@H]1C(O)O[C@H](CO)[C@@H](O)[C@@H]1O)C(=O)O. The number of nitrogens with one attached hydrogen (secondary N) is 5. The fourth-order valence-electron chi connectivity index (χ4n) is 6.26. The first-order chi connectivity index (χ1) is 25.4. The van der Waals surface area contributed by atoms with Gasteiger partial charge in [-0.1, -0.05) is 27.7 Å². The zero-order chi connectivity index (χ0) is 40.9. The lowest BCUT2D eigenvalue weighted by atomic mass is 9.94. The number of amides is 3. The van der Waals surface area contributed by atoms with Gasteiger partial charge in [0, 0.05) is 0 Å². The van der Waals surface area contributed by atoms with E-state index in [0.29, 0.717) is 0 Å². The molecule has 3 amide bonds. The standard InChI is InChI=1S/C33H61N5O16/c1-14(2)9-17(35-23-27(45)25(43)21(13-41)54-33(23)52)29(47)38-19(11-39)30(48)36-16(28(46)37-18(31(49)50)10-15(3)4)7-5-6-8-34-22-26(44)24(42)20(12-40)53-32(22)51/h14-27,32-35,39-45,51-52H,5-13H2,1-4H3,(H,36,48)(H,37,46)(H,38,47)(H,49,50)/t16-,17-,18-,19-,20+,21+,22+,23+,24+,25+,26+,27+,32?,33?/m0/s1. The molecule has 0 saturated carbocycles. The molecule has 21 heteroatoms. The molecule has 54 heavy (non-hydrogen) atoms. The van der Waals surface area contributed by atoms with Gasteiger partial charge in [-0.25, -0.2) is 4.79 Å². The number of aliphatic hydroxyl groups excluding tert-OH is 9. The Morgan fingerprint density at radius 1 is 0.593 bits per heavy atom. The van der Waals surface area contributed by atoms with Gasteiger partial charge in [-0.3, -0.25) is 19.7 Å². The molecule has 2 aliphatic rings. The van der Waals surface area contributed by atoms with Crippen LogP contribution in [0.2, 0.25) is 0 Å². The second-order valence-electron chi connectivity index (χ2n) is 14.6. The van der Waals surface area contributed by atoms with E-state index in [-0.39, 0.29) is 50.5 Å². The van der Waals surface area contributed by atoms with Gasteiger partial charge in [0.15, 0.2) is 12.6 Å². The third-order valence-electron chi connectivity index (χ3n) is 9.29. The number of aliphatic carboxylic acids is 1. The van der Waals surface area contributed by atoms with Crippen molar-refractivity contribution in [1.29, 1.82) is 0 Å². The molecule has 21 nitrogen and oxygen atoms in total. The lowest BCUT2D eigenvalue weighted by molar-refractivity contribution is -0.255. The number of carbonyl (C=O) groups is 4. The average Bonchev–Trinajstić information content (AvgIpc) is 3.10. The summed E-state index contributed by atoms with van der Waals surface area (Å²) in [6, 6.07) is -7.98. The summed E-state index contributed by atoms with van der Waals surface area (Å²) in [6.07, 6.45) is -11.4. The van der Waals surface area contributed by atoms with Crippen LogP contribution in [0.4, 0.5) is 0 Å². The molecular weight excluding hydrogens is 722 g/mol. The van der Waals surface area contributed by atoms with E-state index < -0.39 is 129 Å². The van der Waals surface area contributed by atoms with E-state index in [0.717, 1.165) is 0 Å². The second kappa shape index (κ2) is 22.8. The van der Waals surface area contributed by atoms with E-state index in [1.165, 1.54) is 0 Å². The maximum Gasteiger partial charge on any atom is 0.326 e. The van der Waals surface area contributed by atoms with Crippen LogP contribution in [0.25, 0.3) is 0 Å². The Morgan fingerprint density at radius 3 is 1.54 bits per heavy atom. The monoisotopic (exact) mass is 783 g/mol. The van der Waals surface area contributed by atoms with Gasteiger partial charge in [0.05, 0.1) is 37.9 Å². The second-order valence-corrected chi connectivity index (χ2v) is 14.6. The van der Waals surface area contributed by atoms with Crippen LogP contribution >= 0.6 is 0 Å². The molecule has 0 aromatic carbocycles. The number of hydrogen-bond acceptors (Lipinski definition) is 17. The quantitative estimate of drug-likeness (QED) is 0.0454. The Morgan fingerprint density at radius 2 is 1.04 bits per heavy atom. The third kappa shape index (κ3) is 13.8. The van der Waals surface area contributed by atoms with Crippen LogP contribution in [-0.4, -0.2) is 187 Å². The average molecular weight is 784 g/mol. The number of carboxylic acids is 1. The normalized spacial score (nSPS) is 31.0. The highest BCUT2D eigenvalue weighted by molar-refractivity contribution is 5.94. The highest BCUT2D eigenvalue weighted by Gasteiger charge is 2.46. The van der Waals surface area contributed by atoms with Gasteiger partial charge in [0.1, 0.15) is 54.7 Å². The highest BCUT2D eigenvalue weighted by atomic mass is 16.6. The zero-order valence-electron chi connectivity index (χ0n) is 31.0. The molecule has 0 spiro atoms. The van der Waals surface area contributed by atoms with Gasteiger partial charge in [-0.2, -0.15) is 0 Å². The molecule has 2 aliphatic heterocycles. The molecule has 0 bridgehead atoms. The summed E-state index contributed by atoms with van der Waals surface area (Å²) in [5, 5.41) is 113. The Balaban J connectivity index is 2.16. The Bertz CT molecular complexity index is 1190. The summed E-state index contributed by atoms with van der Waals surface area (Å²) in [5.74, 6) is -4.27. The number of aliphatic hydroxyl groups is 9. The molecule has 0 aromatic rings. The van der Waals surface area contributed by atoms with Crippen LogP contribution in [0.15, 0.2) is 0 Å². The van der Waals surface area contributed by atoms with Gasteiger partial charge in [0.25, 0.3) is 0 Å². The van der Waals surface area contributed by atoms with Crippen molar-refractivity contribution in [3.05, 3.63) is 0 Å². The van der Waals surface area contributed by atoms with E-state index in [4.69, 9.17) is 9.47 Å². The molecule has 2 heterocycles. The maximum absolute atomic E-state index is 13.5. The summed E-state index contributed by atoms with van der Waals surface area (Å²) < 4.78 is 10.3. The third-order valence-corrected chi connectivity index (χ3v) is 9.29. The van der Waals surface area contributed by atoms with Crippen molar-refractivity contribution in [1.82, 2.24) is 26.6 Å². The first kappa shape index (κ1) is 47.5. The Labute approximate surface area is 313 Å². The number of unbranched alkanes of at least 4 members (excludes halogenated alkanes) is 1. The van der Waals surface area contributed by atoms with Crippen LogP contribution in [0.1, 0.15) is 59.8 Å². The molecule has 0 aliphatic carbocycles. The van der Waals surface area contributed by atoms with Gasteiger partial charge in [-0.05, 0) is 50.5 Å². The summed E-state index contributed by atoms with van der Waals surface area (Å²) in [5.41, 5.74) is 0. The van der Waals surface area contributed by atoms with Crippen molar-refractivity contribution >= 4 is 23.7 Å². The van der Waals surface area contributed by atoms with Crippen molar-refractivity contribution in [2.45, 2.75) is 145 Å². The molecule has 0 radical (unpaired) electrons. The van der Waals surface area contributed by atoms with Crippen LogP contribution in [0.5, 0.6) is 0 Å². The van der Waals surface area contributed by atoms with Gasteiger partial charge < -0.3 is 81.8 Å². The van der Waals surface area contributed by atoms with Crippen LogP contribution < -0.4 is 26.6 Å². The van der Waals surface area contributed by atoms with E-state index in [1.54, 1.807) is 27.7 Å². The minimum absolute atomic E-state index is 0.0625. The van der Waals surface area contributed by atoms with E-state index in [9.17, 15) is 70.2 Å². The molecule has 2 fully saturated rings. The fraction of sp³-hybridized carbons (Fsp3) is 0.879. The molecular formula is C33H61N5O16. The summed E-state index contributed by atoms with van der Waals surface area (Å²) >= 11 is 0. The van der Waals surface area contributed by atoms with Crippen LogP contribution in [0.3, 0.4) is 0 Å². The number of rotatable bonds is 22. The smallest absolute Gasteiger partial charge is 0.326 e. The minimum Gasteiger partial charge on any atom is -0.480 e. The molecule has 314 valence electrons. The maximum atomic E-state index is 13.5. The van der Waals surface area contributed by atoms with Crippen LogP contribution in [-0.2, 0) is 28.7 Å². The van der Waals surface area contributed by atoms with Gasteiger partial charge in [0.2, 0.25) is 17.7 Å². The van der Waals surface area contributed by atoms with E-state index in [2.05, 4.69) is 26.6 Å². The van der Waals surface area contributed by atoms with Crippen molar-refractivity contribution in [3.8, 4) is 0 Å². The molecule has 2 saturated heterocycles. The number of carboxylic acid groups (broad SMARTS) is 1. The van der Waals surface area contributed by atoms with Crippen molar-refractivity contribution in [2.75, 3.05) is 26.4 Å². The van der Waals surface area contributed by atoms with Gasteiger partial charge in [-0.15, -0.1) is 0 Å². The largest absolute Gasteiger partial charge is 0.480 e. The lowest BCUT2D eigenvalue weighted by Gasteiger charge is -2.42. The minimum atomic E-state index is -1.74. The lowest BCUT2D eigenvalue weighted by Crippen LogP contribution is -2.66. The van der Waals surface area contributed by atoms with Crippen molar-refractivity contribution < 1.29 is 79.7 Å². The molecule has 0 aromatic heterocycles. The molecule has 2 unspecified atom stereocenters. The summed E-state index contributed by atoms with van der Waals surface area (Å²) in [7, 11) is 0. The number of ether oxygens (including phenoxy) is 2. The Kier molecular flexibility index (Phi) is 20.1. The molecule has 15 N–H and O–H groups in total. The van der Waals surface area contributed by atoms with E-state index >= 15 is 0 Å². The summed E-state index contributed by atoms with van der Waals surface area (Å²) in [6.45, 7) is 4.92. The molecule has 2 rings (SSSR count). The first-order valence-corrected chi connectivity index (χ1v) is 18.2. The van der Waals surface area contributed by atoms with Crippen molar-refractivity contribution in [3.63, 3.8) is 0 Å². The topological polar surface area (TPSA) is 349 Å². The van der Waals surface area contributed by atoms with Crippen LogP contribution in [0, 0.1) is 11.8 Å². The number of carbonyl (C=O) groups excluding carboxylic acids is 3. The van der Waals surface area contributed by atoms with E-state index in [1.807, 2.05) is 0 Å². The zero-order valence-corrected chi connectivity index (χ0v) is 31.0. The highest BCUT2D eigenvalue weighted by Crippen LogP contribution is 2.22. The Hall–Kier alpha value is -2.64. The fourth-order valence-corrected chi connectivity index (χ4v) is 6.26.